The van der Waals surface area contributed by atoms with Crippen LogP contribution in [0.2, 0.25) is 0 Å². The number of pyridine rings is 1. The molecule has 150 valence electrons. The summed E-state index contributed by atoms with van der Waals surface area (Å²) in [6.07, 6.45) is 4.13. The Kier molecular flexibility index (Phi) is 6.57. The fraction of sp³-hybridized carbons (Fsp3) is 0.238. The quantitative estimate of drug-likeness (QED) is 0.631. The van der Waals surface area contributed by atoms with Gasteiger partial charge in [0, 0.05) is 36.8 Å². The molecule has 2 heterocycles. The lowest BCUT2D eigenvalue weighted by Gasteiger charge is -2.13. The maximum Gasteiger partial charge on any atom is 0.276 e. The zero-order chi connectivity index (χ0) is 20.6. The van der Waals surface area contributed by atoms with Crippen LogP contribution in [-0.2, 0) is 13.2 Å². The van der Waals surface area contributed by atoms with E-state index in [1.165, 1.54) is 16.8 Å². The highest BCUT2D eigenvalue weighted by Crippen LogP contribution is 2.31. The fourth-order valence-corrected chi connectivity index (χ4v) is 2.64. The molecule has 0 unspecified atom stereocenters. The minimum Gasteiger partial charge on any atom is -0.493 e. The minimum absolute atomic E-state index is 0.160. The van der Waals surface area contributed by atoms with Crippen molar-refractivity contribution in [1.29, 1.82) is 0 Å². The Morgan fingerprint density at radius 3 is 2.62 bits per heavy atom. The summed E-state index contributed by atoms with van der Waals surface area (Å²) in [6, 6.07) is 11.6. The van der Waals surface area contributed by atoms with Gasteiger partial charge in [0.1, 0.15) is 12.3 Å². The number of carbonyl (C=O) groups is 1. The van der Waals surface area contributed by atoms with Crippen molar-refractivity contribution in [3.8, 4) is 11.5 Å². The second kappa shape index (κ2) is 9.50. The van der Waals surface area contributed by atoms with E-state index >= 15 is 0 Å². The topological polar surface area (TPSA) is 95.3 Å². The molecule has 0 saturated heterocycles. The summed E-state index contributed by atoms with van der Waals surface area (Å²) >= 11 is 0. The number of hydrogen-bond acceptors (Lipinski definition) is 6. The summed E-state index contributed by atoms with van der Waals surface area (Å²) in [7, 11) is 1.55. The number of carbonyl (C=O) groups excluding carboxylic acids is 1. The summed E-state index contributed by atoms with van der Waals surface area (Å²) < 4.78 is 12.5. The summed E-state index contributed by atoms with van der Waals surface area (Å²) in [4.78, 5) is 28.3. The second-order valence-corrected chi connectivity index (χ2v) is 6.24. The Bertz CT molecular complexity index is 1030. The average Bonchev–Trinajstić information content (AvgIpc) is 2.75. The standard InChI is InChI=1S/C21H22N4O4/c1-3-12-25-20(26)7-5-17(24-25)21(27)23-16-4-6-18(28-2)19(13-16)29-14-15-8-10-22-11-9-15/h4-11,13H,3,12,14H2,1-2H3,(H,23,27). The number of rotatable bonds is 8. The van der Waals surface area contributed by atoms with Gasteiger partial charge in [-0.3, -0.25) is 14.6 Å². The van der Waals surface area contributed by atoms with Gasteiger partial charge in [-0.2, -0.15) is 5.10 Å². The number of hydrogen-bond donors (Lipinski definition) is 1. The van der Waals surface area contributed by atoms with Gasteiger partial charge in [0.05, 0.1) is 7.11 Å². The van der Waals surface area contributed by atoms with Gasteiger partial charge >= 0.3 is 0 Å². The van der Waals surface area contributed by atoms with Crippen molar-refractivity contribution in [2.24, 2.45) is 0 Å². The third-order valence-corrected chi connectivity index (χ3v) is 4.10. The number of nitrogens with zero attached hydrogens (tertiary/aromatic N) is 3. The van der Waals surface area contributed by atoms with E-state index in [4.69, 9.17) is 9.47 Å². The number of aromatic nitrogens is 3. The molecule has 0 atom stereocenters. The molecule has 0 aliphatic rings. The van der Waals surface area contributed by atoms with Gasteiger partial charge < -0.3 is 14.8 Å². The third-order valence-electron chi connectivity index (χ3n) is 4.10. The molecule has 0 radical (unpaired) electrons. The van der Waals surface area contributed by atoms with Crippen molar-refractivity contribution in [3.63, 3.8) is 0 Å². The molecule has 0 bridgehead atoms. The smallest absolute Gasteiger partial charge is 0.276 e. The van der Waals surface area contributed by atoms with Crippen molar-refractivity contribution in [1.82, 2.24) is 14.8 Å². The first kappa shape index (κ1) is 20.1. The largest absolute Gasteiger partial charge is 0.493 e. The number of amides is 1. The lowest BCUT2D eigenvalue weighted by molar-refractivity contribution is 0.101. The van der Waals surface area contributed by atoms with E-state index in [9.17, 15) is 9.59 Å². The van der Waals surface area contributed by atoms with Crippen LogP contribution in [0.5, 0.6) is 11.5 Å². The lowest BCUT2D eigenvalue weighted by Crippen LogP contribution is -2.26. The maximum atomic E-state index is 12.6. The molecule has 8 nitrogen and oxygen atoms in total. The highest BCUT2D eigenvalue weighted by Gasteiger charge is 2.12. The highest BCUT2D eigenvalue weighted by atomic mass is 16.5. The van der Waals surface area contributed by atoms with Crippen LogP contribution in [0.3, 0.4) is 0 Å². The predicted octanol–water partition coefficient (Wildman–Crippen LogP) is 2.89. The molecular weight excluding hydrogens is 372 g/mol. The molecule has 29 heavy (non-hydrogen) atoms. The van der Waals surface area contributed by atoms with Crippen LogP contribution in [0, 0.1) is 0 Å². The molecule has 0 fully saturated rings. The van der Waals surface area contributed by atoms with Gasteiger partial charge in [0.2, 0.25) is 0 Å². The van der Waals surface area contributed by atoms with Crippen molar-refractivity contribution >= 4 is 11.6 Å². The van der Waals surface area contributed by atoms with Crippen LogP contribution < -0.4 is 20.3 Å². The van der Waals surface area contributed by atoms with E-state index < -0.39 is 5.91 Å². The van der Waals surface area contributed by atoms with Crippen molar-refractivity contribution in [3.05, 3.63) is 76.5 Å². The molecule has 8 heteroatoms. The van der Waals surface area contributed by atoms with Gasteiger partial charge in [-0.15, -0.1) is 0 Å². The van der Waals surface area contributed by atoms with E-state index in [0.717, 1.165) is 12.0 Å². The normalized spacial score (nSPS) is 10.4. The Labute approximate surface area is 168 Å². The lowest BCUT2D eigenvalue weighted by atomic mass is 10.2. The van der Waals surface area contributed by atoms with E-state index in [0.29, 0.717) is 30.3 Å². The molecule has 0 spiro atoms. The Balaban J connectivity index is 1.76. The first-order valence-corrected chi connectivity index (χ1v) is 9.20. The number of anilines is 1. The Hall–Kier alpha value is -3.68. The Morgan fingerprint density at radius 1 is 1.10 bits per heavy atom. The van der Waals surface area contributed by atoms with Crippen LogP contribution >= 0.6 is 0 Å². The van der Waals surface area contributed by atoms with E-state index in [2.05, 4.69) is 15.4 Å². The molecule has 1 amide bonds. The third kappa shape index (κ3) is 5.19. The van der Waals surface area contributed by atoms with Crippen molar-refractivity contribution in [2.75, 3.05) is 12.4 Å². The molecular formula is C21H22N4O4. The van der Waals surface area contributed by atoms with Crippen LogP contribution in [-0.4, -0.2) is 27.8 Å². The number of methoxy groups -OCH3 is 1. The van der Waals surface area contributed by atoms with E-state index in [-0.39, 0.29) is 11.3 Å². The number of benzene rings is 1. The van der Waals surface area contributed by atoms with Crippen LogP contribution in [0.15, 0.2) is 59.7 Å². The van der Waals surface area contributed by atoms with Gasteiger partial charge in [0.15, 0.2) is 11.5 Å². The Morgan fingerprint density at radius 2 is 1.90 bits per heavy atom. The van der Waals surface area contributed by atoms with Gasteiger partial charge in [-0.1, -0.05) is 6.92 Å². The second-order valence-electron chi connectivity index (χ2n) is 6.24. The van der Waals surface area contributed by atoms with Gasteiger partial charge in [0.25, 0.3) is 11.5 Å². The zero-order valence-corrected chi connectivity index (χ0v) is 16.3. The SMILES string of the molecule is CCCn1nc(C(=O)Nc2ccc(OC)c(OCc3ccncc3)c2)ccc1=O. The average molecular weight is 394 g/mol. The van der Waals surface area contributed by atoms with Crippen LogP contribution in [0.4, 0.5) is 5.69 Å². The summed E-state index contributed by atoms with van der Waals surface area (Å²) in [5, 5.41) is 6.90. The molecule has 3 aromatic rings. The van der Waals surface area contributed by atoms with E-state index in [1.54, 1.807) is 37.7 Å². The molecule has 2 aromatic heterocycles. The van der Waals surface area contributed by atoms with Crippen LogP contribution in [0.25, 0.3) is 0 Å². The fourth-order valence-electron chi connectivity index (χ4n) is 2.64. The minimum atomic E-state index is -0.417. The molecule has 1 aromatic carbocycles. The van der Waals surface area contributed by atoms with Crippen molar-refractivity contribution in [2.45, 2.75) is 26.5 Å². The zero-order valence-electron chi connectivity index (χ0n) is 16.3. The summed E-state index contributed by atoms with van der Waals surface area (Å²) in [5.74, 6) is 0.623. The summed E-state index contributed by atoms with van der Waals surface area (Å²) in [5.41, 5.74) is 1.40. The first-order valence-electron chi connectivity index (χ1n) is 9.20. The molecule has 0 saturated carbocycles. The number of aryl methyl sites for hydroxylation is 1. The monoisotopic (exact) mass is 394 g/mol. The van der Waals surface area contributed by atoms with Crippen molar-refractivity contribution < 1.29 is 14.3 Å². The molecule has 1 N–H and O–H groups in total. The molecule has 0 aliphatic carbocycles. The molecule has 0 aliphatic heterocycles. The number of nitrogens with one attached hydrogen (secondary N) is 1. The molecule has 3 rings (SSSR count). The van der Waals surface area contributed by atoms with Gasteiger partial charge in [-0.25, -0.2) is 4.68 Å². The highest BCUT2D eigenvalue weighted by molar-refractivity contribution is 6.02. The summed E-state index contributed by atoms with van der Waals surface area (Å²) in [6.45, 7) is 2.72. The van der Waals surface area contributed by atoms with Gasteiger partial charge in [-0.05, 0) is 42.3 Å². The van der Waals surface area contributed by atoms with E-state index in [1.807, 2.05) is 19.1 Å². The number of ether oxygens (including phenoxy) is 2. The van der Waals surface area contributed by atoms with Crippen LogP contribution in [0.1, 0.15) is 29.4 Å². The maximum absolute atomic E-state index is 12.6. The predicted molar refractivity (Wildman–Crippen MR) is 108 cm³/mol. The first-order chi connectivity index (χ1) is 14.1.